The highest BCUT2D eigenvalue weighted by atomic mass is 16.6. The molecule has 1 aliphatic rings. The zero-order chi connectivity index (χ0) is 20.9. The van der Waals surface area contributed by atoms with Gasteiger partial charge in [-0.05, 0) is 6.42 Å². The minimum atomic E-state index is -1.18. The van der Waals surface area contributed by atoms with Gasteiger partial charge in [-0.25, -0.2) is 0 Å². The molecule has 28 heavy (non-hydrogen) atoms. The van der Waals surface area contributed by atoms with Crippen LogP contribution in [0.5, 0.6) is 0 Å². The van der Waals surface area contributed by atoms with E-state index >= 15 is 0 Å². The molecule has 1 aliphatic heterocycles. The van der Waals surface area contributed by atoms with Gasteiger partial charge in [0.25, 0.3) is 0 Å². The number of hydrogen-bond acceptors (Lipinski definition) is 3. The van der Waals surface area contributed by atoms with Crippen LogP contribution < -0.4 is 0 Å². The monoisotopic (exact) mass is 400 g/mol. The fourth-order valence-electron chi connectivity index (χ4n) is 4.53. The first-order valence-electron chi connectivity index (χ1n) is 11.7. The number of carboxylic acid groups (broad SMARTS) is 1. The number of nitrogens with zero attached hydrogens (tertiary/aromatic N) is 1. The van der Waals surface area contributed by atoms with E-state index in [1.54, 1.807) is 0 Å². The number of aliphatic carboxylic acids is 1. The molecule has 5 heteroatoms. The molecule has 166 valence electrons. The van der Waals surface area contributed by atoms with Crippen LogP contribution in [0.1, 0.15) is 103 Å². The zero-order valence-corrected chi connectivity index (χ0v) is 18.8. The number of unbranched alkanes of at least 4 members (excludes halogenated alkanes) is 12. The average molecular weight is 401 g/mol. The molecular formula is C23H46NO4+. The first-order chi connectivity index (χ1) is 13.3. The highest BCUT2D eigenvalue weighted by Gasteiger charge is 2.45. The summed E-state index contributed by atoms with van der Waals surface area (Å²) in [5.74, 6) is -2.05. The molecule has 0 saturated carbocycles. The number of morpholine rings is 1. The Hall–Kier alpha value is -0.650. The van der Waals surface area contributed by atoms with Gasteiger partial charge in [-0.1, -0.05) is 84.0 Å². The van der Waals surface area contributed by atoms with E-state index in [-0.39, 0.29) is 6.42 Å². The summed E-state index contributed by atoms with van der Waals surface area (Å²) in [6, 6.07) is 0. The van der Waals surface area contributed by atoms with Crippen LogP contribution in [0.2, 0.25) is 0 Å². The van der Waals surface area contributed by atoms with Crippen LogP contribution in [-0.2, 0) is 9.53 Å². The van der Waals surface area contributed by atoms with Crippen LogP contribution in [-0.4, -0.2) is 59.7 Å². The van der Waals surface area contributed by atoms with Crippen molar-refractivity contribution in [3.05, 3.63) is 0 Å². The molecule has 2 N–H and O–H groups in total. The maximum atomic E-state index is 11.0. The number of likely N-dealkylation sites (N-methyl/N-ethyl adjacent to an activating group) is 1. The number of ether oxygens (including phenoxy) is 1. The van der Waals surface area contributed by atoms with E-state index in [2.05, 4.69) is 6.92 Å². The molecule has 0 aromatic carbocycles. The van der Waals surface area contributed by atoms with Crippen LogP contribution in [0.4, 0.5) is 0 Å². The predicted octanol–water partition coefficient (Wildman–Crippen LogP) is 5.11. The van der Waals surface area contributed by atoms with E-state index in [0.717, 1.165) is 12.8 Å². The number of carbonyl (C=O) groups is 1. The van der Waals surface area contributed by atoms with Gasteiger partial charge in [0.1, 0.15) is 19.2 Å². The summed E-state index contributed by atoms with van der Waals surface area (Å²) >= 11 is 0. The van der Waals surface area contributed by atoms with E-state index in [0.29, 0.717) is 24.0 Å². The fourth-order valence-corrected chi connectivity index (χ4v) is 4.53. The standard InChI is InChI=1S/C23H45NO4/c1-4-5-6-7-8-9-10-11-12-13-14-15-16-17-23(27)20-24(2,3)19-21(28-23)18-22(25)26/h21,27H,4-20H2,1-3H3/p+1/t21-,23-/m0/s1. The molecule has 5 nitrogen and oxygen atoms in total. The maximum Gasteiger partial charge on any atom is 0.306 e. The minimum absolute atomic E-state index is 0.0391. The summed E-state index contributed by atoms with van der Waals surface area (Å²) in [5.41, 5.74) is 0. The molecule has 0 aromatic heterocycles. The van der Waals surface area contributed by atoms with Crippen molar-refractivity contribution in [2.75, 3.05) is 27.2 Å². The molecule has 0 aromatic rings. The summed E-state index contributed by atoms with van der Waals surface area (Å²) in [6.45, 7) is 3.42. The Kier molecular flexibility index (Phi) is 12.3. The molecular weight excluding hydrogens is 354 g/mol. The van der Waals surface area contributed by atoms with Crippen molar-refractivity contribution in [1.82, 2.24) is 0 Å². The van der Waals surface area contributed by atoms with Crippen molar-refractivity contribution < 1.29 is 24.2 Å². The van der Waals surface area contributed by atoms with Gasteiger partial charge >= 0.3 is 5.97 Å². The van der Waals surface area contributed by atoms with Crippen molar-refractivity contribution in [2.45, 2.75) is 115 Å². The molecule has 2 atom stereocenters. The Morgan fingerprint density at radius 3 is 1.86 bits per heavy atom. The van der Waals surface area contributed by atoms with Gasteiger partial charge < -0.3 is 19.4 Å². The molecule has 0 amide bonds. The highest BCUT2D eigenvalue weighted by Crippen LogP contribution is 2.29. The summed E-state index contributed by atoms with van der Waals surface area (Å²) < 4.78 is 6.39. The van der Waals surface area contributed by atoms with Crippen molar-refractivity contribution in [3.63, 3.8) is 0 Å². The zero-order valence-electron chi connectivity index (χ0n) is 18.8. The summed E-state index contributed by atoms with van der Waals surface area (Å²) in [6.07, 6.45) is 17.0. The Bertz CT molecular complexity index is 427. The lowest BCUT2D eigenvalue weighted by molar-refractivity contribution is -0.915. The quantitative estimate of drug-likeness (QED) is 0.279. The van der Waals surface area contributed by atoms with Crippen molar-refractivity contribution in [1.29, 1.82) is 0 Å². The smallest absolute Gasteiger partial charge is 0.306 e. The van der Waals surface area contributed by atoms with Gasteiger partial charge in [-0.3, -0.25) is 4.79 Å². The third-order valence-corrected chi connectivity index (χ3v) is 5.83. The largest absolute Gasteiger partial charge is 0.481 e. The van der Waals surface area contributed by atoms with Crippen molar-refractivity contribution in [3.8, 4) is 0 Å². The van der Waals surface area contributed by atoms with E-state index in [1.807, 2.05) is 14.1 Å². The molecule has 1 rings (SSSR count). The Morgan fingerprint density at radius 2 is 1.39 bits per heavy atom. The lowest BCUT2D eigenvalue weighted by atomic mass is 10.0. The molecule has 0 bridgehead atoms. The van der Waals surface area contributed by atoms with Gasteiger partial charge in [-0.15, -0.1) is 0 Å². The number of hydrogen-bond donors (Lipinski definition) is 2. The van der Waals surface area contributed by atoms with Crippen molar-refractivity contribution in [2.24, 2.45) is 0 Å². The first-order valence-corrected chi connectivity index (χ1v) is 11.7. The van der Waals surface area contributed by atoms with E-state index in [4.69, 9.17) is 9.84 Å². The van der Waals surface area contributed by atoms with Crippen LogP contribution >= 0.6 is 0 Å². The second-order valence-corrected chi connectivity index (χ2v) is 9.55. The van der Waals surface area contributed by atoms with Gasteiger partial charge in [0, 0.05) is 6.42 Å². The van der Waals surface area contributed by atoms with Crippen LogP contribution in [0.3, 0.4) is 0 Å². The summed E-state index contributed by atoms with van der Waals surface area (Å²) in [5, 5.41) is 19.9. The van der Waals surface area contributed by atoms with Gasteiger partial charge in [0.2, 0.25) is 5.79 Å². The van der Waals surface area contributed by atoms with Crippen molar-refractivity contribution >= 4 is 5.97 Å². The number of rotatable bonds is 16. The van der Waals surface area contributed by atoms with E-state index in [1.165, 1.54) is 70.6 Å². The maximum absolute atomic E-state index is 11.0. The lowest BCUT2D eigenvalue weighted by Crippen LogP contribution is -2.62. The Morgan fingerprint density at radius 1 is 0.929 bits per heavy atom. The average Bonchev–Trinajstić information content (AvgIpc) is 2.56. The molecule has 0 aliphatic carbocycles. The first kappa shape index (κ1) is 25.4. The molecule has 1 fully saturated rings. The van der Waals surface area contributed by atoms with Gasteiger partial charge in [0.05, 0.1) is 20.5 Å². The molecule has 0 unspecified atom stereocenters. The van der Waals surface area contributed by atoms with Gasteiger partial charge in [-0.2, -0.15) is 0 Å². The Balaban J connectivity index is 2.07. The molecule has 1 heterocycles. The van der Waals surface area contributed by atoms with Crippen LogP contribution in [0.25, 0.3) is 0 Å². The summed E-state index contributed by atoms with van der Waals surface area (Å²) in [4.78, 5) is 11.0. The number of carboxylic acids is 1. The third kappa shape index (κ3) is 12.0. The number of aliphatic hydroxyl groups is 1. The lowest BCUT2D eigenvalue weighted by Gasteiger charge is -2.46. The normalized spacial score (nSPS) is 24.4. The molecule has 1 saturated heterocycles. The Labute approximate surface area is 173 Å². The topological polar surface area (TPSA) is 66.8 Å². The van der Waals surface area contributed by atoms with Crippen LogP contribution in [0, 0.1) is 0 Å². The van der Waals surface area contributed by atoms with E-state index in [9.17, 15) is 9.90 Å². The predicted molar refractivity (Wildman–Crippen MR) is 114 cm³/mol. The third-order valence-electron chi connectivity index (χ3n) is 5.83. The van der Waals surface area contributed by atoms with E-state index < -0.39 is 17.9 Å². The summed E-state index contributed by atoms with van der Waals surface area (Å²) in [7, 11) is 4.07. The fraction of sp³-hybridized carbons (Fsp3) is 0.957. The van der Waals surface area contributed by atoms with Crippen LogP contribution in [0.15, 0.2) is 0 Å². The molecule has 0 spiro atoms. The van der Waals surface area contributed by atoms with Gasteiger partial charge in [0.15, 0.2) is 0 Å². The molecule has 0 radical (unpaired) electrons. The highest BCUT2D eigenvalue weighted by molar-refractivity contribution is 5.67. The SMILES string of the molecule is CCCCCCCCCCCCCCC[C@@]1(O)C[N+](C)(C)C[C@H](CC(=O)O)O1. The second-order valence-electron chi connectivity index (χ2n) is 9.55. The minimum Gasteiger partial charge on any atom is -0.481 e. The number of quaternary nitrogens is 1. The second kappa shape index (κ2) is 13.6.